The van der Waals surface area contributed by atoms with Crippen molar-refractivity contribution in [3.05, 3.63) is 53.5 Å². The van der Waals surface area contributed by atoms with Gasteiger partial charge in [0.25, 0.3) is 5.91 Å². The average Bonchev–Trinajstić information content (AvgIpc) is 2.84. The van der Waals surface area contributed by atoms with E-state index in [1.807, 2.05) is 43.1 Å². The number of aryl methyl sites for hydroxylation is 1. The van der Waals surface area contributed by atoms with E-state index in [0.717, 1.165) is 24.1 Å². The molecular formula is C17H20N2O2. The van der Waals surface area contributed by atoms with E-state index in [4.69, 9.17) is 4.42 Å². The van der Waals surface area contributed by atoms with E-state index in [-0.39, 0.29) is 11.9 Å². The summed E-state index contributed by atoms with van der Waals surface area (Å²) in [5, 5.41) is 3.34. The van der Waals surface area contributed by atoms with Crippen LogP contribution in [0.15, 0.2) is 41.0 Å². The number of hydrogen-bond donors (Lipinski definition) is 1. The number of rotatable bonds is 2. The van der Waals surface area contributed by atoms with E-state index < -0.39 is 0 Å². The van der Waals surface area contributed by atoms with Crippen molar-refractivity contribution in [2.75, 3.05) is 18.5 Å². The van der Waals surface area contributed by atoms with Gasteiger partial charge in [0, 0.05) is 23.8 Å². The fourth-order valence-corrected chi connectivity index (χ4v) is 2.98. The highest BCUT2D eigenvalue weighted by molar-refractivity contribution is 6.05. The second kappa shape index (κ2) is 5.74. The van der Waals surface area contributed by atoms with Crippen molar-refractivity contribution in [1.29, 1.82) is 0 Å². The van der Waals surface area contributed by atoms with E-state index in [1.165, 1.54) is 5.56 Å². The highest BCUT2D eigenvalue weighted by Gasteiger charge is 2.28. The lowest BCUT2D eigenvalue weighted by molar-refractivity contribution is 0.0959. The zero-order valence-corrected chi connectivity index (χ0v) is 12.4. The van der Waals surface area contributed by atoms with Crippen LogP contribution in [0.25, 0.3) is 0 Å². The second-order valence-electron chi connectivity index (χ2n) is 5.43. The van der Waals surface area contributed by atoms with Gasteiger partial charge in [-0.15, -0.1) is 0 Å². The highest BCUT2D eigenvalue weighted by atomic mass is 16.3. The number of benzene rings is 1. The number of amides is 1. The molecule has 1 amide bonds. The van der Waals surface area contributed by atoms with Crippen LogP contribution in [0.1, 0.15) is 40.6 Å². The Balaban J connectivity index is 2.03. The monoisotopic (exact) mass is 284 g/mol. The minimum absolute atomic E-state index is 0.0540. The van der Waals surface area contributed by atoms with Gasteiger partial charge in [0.1, 0.15) is 0 Å². The fourth-order valence-electron chi connectivity index (χ4n) is 2.98. The number of hydrogen-bond acceptors (Lipinski definition) is 3. The van der Waals surface area contributed by atoms with Crippen LogP contribution in [0, 0.1) is 6.92 Å². The molecule has 2 aromatic rings. The number of nitrogens with one attached hydrogen (secondary N) is 1. The maximum atomic E-state index is 12.8. The molecule has 2 heterocycles. The van der Waals surface area contributed by atoms with Crippen LogP contribution >= 0.6 is 0 Å². The number of carbonyl (C=O) groups excluding carboxylic acids is 1. The quantitative estimate of drug-likeness (QED) is 0.920. The molecule has 1 atom stereocenters. The molecule has 1 aromatic carbocycles. The van der Waals surface area contributed by atoms with Crippen molar-refractivity contribution >= 4 is 11.6 Å². The molecule has 1 aromatic heterocycles. The summed E-state index contributed by atoms with van der Waals surface area (Å²) in [6, 6.07) is 10.2. The summed E-state index contributed by atoms with van der Waals surface area (Å²) in [5.74, 6) is 0.384. The molecule has 0 radical (unpaired) electrons. The first-order valence-electron chi connectivity index (χ1n) is 7.34. The zero-order valence-electron chi connectivity index (χ0n) is 12.4. The Morgan fingerprint density at radius 2 is 2.14 bits per heavy atom. The Bertz CT molecular complexity index is 648. The number of furan rings is 1. The molecule has 21 heavy (non-hydrogen) atoms. The number of anilines is 1. The Morgan fingerprint density at radius 1 is 1.33 bits per heavy atom. The molecule has 110 valence electrons. The van der Waals surface area contributed by atoms with E-state index in [2.05, 4.69) is 11.4 Å². The third-order valence-corrected chi connectivity index (χ3v) is 4.13. The lowest BCUT2D eigenvalue weighted by Gasteiger charge is -2.23. The van der Waals surface area contributed by atoms with Gasteiger partial charge in [-0.2, -0.15) is 0 Å². The fraction of sp³-hybridized carbons (Fsp3) is 0.353. The maximum Gasteiger partial charge on any atom is 0.294 e. The first-order valence-corrected chi connectivity index (χ1v) is 7.34. The van der Waals surface area contributed by atoms with E-state index >= 15 is 0 Å². The van der Waals surface area contributed by atoms with Gasteiger partial charge in [0.2, 0.25) is 0 Å². The molecule has 1 aliphatic rings. The van der Waals surface area contributed by atoms with Gasteiger partial charge in [0.15, 0.2) is 5.76 Å². The first-order chi connectivity index (χ1) is 10.2. The van der Waals surface area contributed by atoms with Crippen molar-refractivity contribution in [3.8, 4) is 0 Å². The van der Waals surface area contributed by atoms with Gasteiger partial charge in [0.05, 0.1) is 6.26 Å². The van der Waals surface area contributed by atoms with Crippen molar-refractivity contribution in [2.45, 2.75) is 25.8 Å². The molecule has 0 aliphatic carbocycles. The number of fused-ring (bicyclic) bond motifs is 1. The van der Waals surface area contributed by atoms with E-state index in [0.29, 0.717) is 12.3 Å². The van der Waals surface area contributed by atoms with Crippen LogP contribution in [0.4, 0.5) is 5.69 Å². The number of para-hydroxylation sites is 1. The van der Waals surface area contributed by atoms with Crippen LogP contribution in [-0.4, -0.2) is 19.5 Å². The molecule has 1 unspecified atom stereocenters. The van der Waals surface area contributed by atoms with E-state index in [9.17, 15) is 4.79 Å². The Kier molecular flexibility index (Phi) is 3.80. The summed E-state index contributed by atoms with van der Waals surface area (Å²) in [5.41, 5.74) is 3.04. The van der Waals surface area contributed by atoms with Crippen LogP contribution in [0.2, 0.25) is 0 Å². The summed E-state index contributed by atoms with van der Waals surface area (Å²) in [6.45, 7) is 2.62. The topological polar surface area (TPSA) is 45.5 Å². The van der Waals surface area contributed by atoms with Crippen LogP contribution < -0.4 is 10.2 Å². The van der Waals surface area contributed by atoms with Gasteiger partial charge in [-0.25, -0.2) is 0 Å². The molecule has 0 fully saturated rings. The number of nitrogens with zero attached hydrogens (tertiary/aromatic N) is 1. The third-order valence-electron chi connectivity index (χ3n) is 4.13. The Labute approximate surface area is 124 Å². The van der Waals surface area contributed by atoms with Gasteiger partial charge < -0.3 is 14.6 Å². The minimum atomic E-state index is -0.0540. The third kappa shape index (κ3) is 2.47. The van der Waals surface area contributed by atoms with Crippen molar-refractivity contribution in [1.82, 2.24) is 5.32 Å². The summed E-state index contributed by atoms with van der Waals surface area (Å²) in [7, 11) is 1.97. The molecule has 4 heteroatoms. The first kappa shape index (κ1) is 13.9. The predicted molar refractivity (Wildman–Crippen MR) is 82.6 cm³/mol. The SMILES string of the molecule is CNC1CCCN(C(=O)c2occc2C)c2ccccc21. The molecular weight excluding hydrogens is 264 g/mol. The normalized spacial score (nSPS) is 18.2. The lowest BCUT2D eigenvalue weighted by atomic mass is 10.0. The Hall–Kier alpha value is -2.07. The molecule has 0 saturated heterocycles. The standard InChI is InChI=1S/C17H20N2O2/c1-12-9-11-21-16(12)17(20)19-10-5-7-14(18-2)13-6-3-4-8-15(13)19/h3-4,6,8-9,11,14,18H,5,7,10H2,1-2H3. The smallest absolute Gasteiger partial charge is 0.294 e. The molecule has 0 saturated carbocycles. The zero-order chi connectivity index (χ0) is 14.8. The van der Waals surface area contributed by atoms with Crippen LogP contribution in [-0.2, 0) is 0 Å². The maximum absolute atomic E-state index is 12.8. The lowest BCUT2D eigenvalue weighted by Crippen LogP contribution is -2.32. The summed E-state index contributed by atoms with van der Waals surface area (Å²) >= 11 is 0. The van der Waals surface area contributed by atoms with Gasteiger partial charge in [-0.3, -0.25) is 4.79 Å². The molecule has 3 rings (SSSR count). The number of carbonyl (C=O) groups is 1. The van der Waals surface area contributed by atoms with Crippen molar-refractivity contribution in [2.24, 2.45) is 0 Å². The summed E-state index contributed by atoms with van der Waals surface area (Å²) in [6.07, 6.45) is 3.56. The minimum Gasteiger partial charge on any atom is -0.459 e. The highest BCUT2D eigenvalue weighted by Crippen LogP contribution is 2.33. The molecule has 1 aliphatic heterocycles. The van der Waals surface area contributed by atoms with Gasteiger partial charge in [-0.1, -0.05) is 18.2 Å². The summed E-state index contributed by atoms with van der Waals surface area (Å²) in [4.78, 5) is 14.6. The van der Waals surface area contributed by atoms with Crippen LogP contribution in [0.3, 0.4) is 0 Å². The predicted octanol–water partition coefficient (Wildman–Crippen LogP) is 3.29. The van der Waals surface area contributed by atoms with Gasteiger partial charge >= 0.3 is 0 Å². The van der Waals surface area contributed by atoms with Crippen molar-refractivity contribution < 1.29 is 9.21 Å². The molecule has 0 bridgehead atoms. The summed E-state index contributed by atoms with van der Waals surface area (Å²) < 4.78 is 5.38. The average molecular weight is 284 g/mol. The molecule has 0 spiro atoms. The van der Waals surface area contributed by atoms with Crippen molar-refractivity contribution in [3.63, 3.8) is 0 Å². The Morgan fingerprint density at radius 3 is 2.86 bits per heavy atom. The van der Waals surface area contributed by atoms with Gasteiger partial charge in [-0.05, 0) is 44.5 Å². The van der Waals surface area contributed by atoms with Crippen LogP contribution in [0.5, 0.6) is 0 Å². The van der Waals surface area contributed by atoms with E-state index in [1.54, 1.807) is 6.26 Å². The largest absolute Gasteiger partial charge is 0.459 e. The second-order valence-corrected chi connectivity index (χ2v) is 5.43. The molecule has 4 nitrogen and oxygen atoms in total. The molecule has 1 N–H and O–H groups in total.